The summed E-state index contributed by atoms with van der Waals surface area (Å²) in [4.78, 5) is 10.9. The monoisotopic (exact) mass is 226 g/mol. The summed E-state index contributed by atoms with van der Waals surface area (Å²) >= 11 is 0.315. The number of hydrogen-bond donors (Lipinski definition) is 1. The van der Waals surface area contributed by atoms with Crippen molar-refractivity contribution in [2.75, 3.05) is 0 Å². The molecule has 1 N–H and O–H groups in total. The van der Waals surface area contributed by atoms with Crippen molar-refractivity contribution >= 4 is 20.9 Å². The molecule has 0 saturated carbocycles. The van der Waals surface area contributed by atoms with Gasteiger partial charge in [0.25, 0.3) is 0 Å². The molecule has 1 unspecified atom stereocenters. The fourth-order valence-corrected chi connectivity index (χ4v) is 1.48. The van der Waals surface area contributed by atoms with E-state index in [1.807, 2.05) is 5.82 Å². The molecule has 66 valence electrons. The molecule has 0 aliphatic rings. The predicted octanol–water partition coefficient (Wildman–Crippen LogP) is 0.469. The summed E-state index contributed by atoms with van der Waals surface area (Å²) in [7, 11) is 0. The van der Waals surface area contributed by atoms with Gasteiger partial charge in [0.15, 0.2) is 0 Å². The van der Waals surface area contributed by atoms with Crippen LogP contribution in [-0.2, 0) is 9.53 Å². The molecule has 0 aromatic heterocycles. The molecule has 4 heteroatoms. The number of carbonyl (C=O) groups excluding carboxylic acids is 1. The zero-order valence-corrected chi connectivity index (χ0v) is 8.75. The first-order valence-corrected chi connectivity index (χ1v) is 6.38. The van der Waals surface area contributed by atoms with Crippen LogP contribution in [0.15, 0.2) is 0 Å². The zero-order valence-electron chi connectivity index (χ0n) is 7.03. The van der Waals surface area contributed by atoms with Crippen molar-refractivity contribution in [3.05, 3.63) is 0 Å². The van der Waals surface area contributed by atoms with E-state index < -0.39 is 12.1 Å². The molecule has 0 aliphatic carbocycles. The van der Waals surface area contributed by atoms with Crippen LogP contribution in [0, 0.1) is 0 Å². The number of hydrogen-bond acceptors (Lipinski definition) is 3. The molecule has 3 nitrogen and oxygen atoms in total. The van der Waals surface area contributed by atoms with E-state index >= 15 is 0 Å². The maximum atomic E-state index is 10.9. The summed E-state index contributed by atoms with van der Waals surface area (Å²) in [5.41, 5.74) is 0. The van der Waals surface area contributed by atoms with Crippen molar-refractivity contribution in [3.8, 4) is 0 Å². The number of rotatable bonds is 4. The second-order valence-electron chi connectivity index (χ2n) is 2.46. The molecule has 0 amide bonds. The SMILES string of the molecule is C[Se]CC(O)C(=O)OC(C)C. The van der Waals surface area contributed by atoms with Crippen molar-refractivity contribution < 1.29 is 14.6 Å². The first-order chi connectivity index (χ1) is 5.07. The second kappa shape index (κ2) is 5.58. The van der Waals surface area contributed by atoms with Crippen LogP contribution in [0.1, 0.15) is 13.8 Å². The Morgan fingerprint density at radius 2 is 2.18 bits per heavy atom. The molecule has 0 spiro atoms. The predicted molar refractivity (Wildman–Crippen MR) is 43.7 cm³/mol. The summed E-state index contributed by atoms with van der Waals surface area (Å²) in [6.45, 7) is 3.53. The topological polar surface area (TPSA) is 46.5 Å². The molecule has 0 aromatic carbocycles. The van der Waals surface area contributed by atoms with E-state index in [0.29, 0.717) is 20.3 Å². The van der Waals surface area contributed by atoms with Gasteiger partial charge >= 0.3 is 72.8 Å². The summed E-state index contributed by atoms with van der Waals surface area (Å²) in [6, 6.07) is 0. The van der Waals surface area contributed by atoms with Crippen LogP contribution < -0.4 is 0 Å². The van der Waals surface area contributed by atoms with E-state index in [2.05, 4.69) is 0 Å². The van der Waals surface area contributed by atoms with Crippen LogP contribution in [0.25, 0.3) is 0 Å². The third-order valence-electron chi connectivity index (χ3n) is 0.948. The first-order valence-electron chi connectivity index (χ1n) is 3.45. The Balaban J connectivity index is 3.64. The standard InChI is InChI=1S/C7H14O3Se/c1-5(2)10-7(9)6(8)4-11-3/h5-6,8H,4H2,1-3H3. The van der Waals surface area contributed by atoms with Crippen LogP contribution in [-0.4, -0.2) is 38.2 Å². The summed E-state index contributed by atoms with van der Waals surface area (Å²) < 4.78 is 4.79. The number of carbonyl (C=O) groups is 1. The van der Waals surface area contributed by atoms with Crippen LogP contribution >= 0.6 is 0 Å². The van der Waals surface area contributed by atoms with Gasteiger partial charge in [-0.25, -0.2) is 0 Å². The normalized spacial score (nSPS) is 13.2. The van der Waals surface area contributed by atoms with Crippen LogP contribution in [0.5, 0.6) is 0 Å². The van der Waals surface area contributed by atoms with Gasteiger partial charge in [0.1, 0.15) is 0 Å². The minimum atomic E-state index is -0.914. The number of ether oxygens (including phenoxy) is 1. The summed E-state index contributed by atoms with van der Waals surface area (Å²) in [6.07, 6.45) is -1.05. The van der Waals surface area contributed by atoms with Gasteiger partial charge < -0.3 is 0 Å². The summed E-state index contributed by atoms with van der Waals surface area (Å²) in [5.74, 6) is 1.47. The average Bonchev–Trinajstić information content (AvgIpc) is 1.86. The fraction of sp³-hybridized carbons (Fsp3) is 0.857. The molecule has 0 aliphatic heterocycles. The number of esters is 1. The van der Waals surface area contributed by atoms with E-state index in [-0.39, 0.29) is 6.10 Å². The molecular formula is C7H14O3Se. The molecule has 0 aromatic rings. The van der Waals surface area contributed by atoms with Crippen LogP contribution in [0.4, 0.5) is 0 Å². The molecular weight excluding hydrogens is 211 g/mol. The van der Waals surface area contributed by atoms with Crippen LogP contribution in [0.2, 0.25) is 11.1 Å². The average molecular weight is 225 g/mol. The number of aliphatic hydroxyl groups excluding tert-OH is 1. The number of aliphatic hydroxyl groups is 1. The van der Waals surface area contributed by atoms with E-state index in [1.54, 1.807) is 13.8 Å². The van der Waals surface area contributed by atoms with Crippen LogP contribution in [0.3, 0.4) is 0 Å². The molecule has 0 bridgehead atoms. The van der Waals surface area contributed by atoms with Crippen molar-refractivity contribution in [2.24, 2.45) is 0 Å². The molecule has 0 fully saturated rings. The van der Waals surface area contributed by atoms with Gasteiger partial charge in [0, 0.05) is 0 Å². The third kappa shape index (κ3) is 5.24. The van der Waals surface area contributed by atoms with Crippen molar-refractivity contribution in [3.63, 3.8) is 0 Å². The van der Waals surface area contributed by atoms with Gasteiger partial charge in [-0.2, -0.15) is 0 Å². The van der Waals surface area contributed by atoms with Gasteiger partial charge in [-0.15, -0.1) is 0 Å². The molecule has 0 saturated heterocycles. The zero-order chi connectivity index (χ0) is 8.85. The Labute approximate surface area is 73.3 Å². The minimum absolute atomic E-state index is 0.137. The molecule has 0 radical (unpaired) electrons. The maximum absolute atomic E-state index is 10.9. The van der Waals surface area contributed by atoms with E-state index in [1.165, 1.54) is 0 Å². The van der Waals surface area contributed by atoms with Crippen molar-refractivity contribution in [1.82, 2.24) is 0 Å². The Kier molecular flexibility index (Phi) is 5.56. The Morgan fingerprint density at radius 1 is 1.64 bits per heavy atom. The molecule has 11 heavy (non-hydrogen) atoms. The quantitative estimate of drug-likeness (QED) is 0.558. The van der Waals surface area contributed by atoms with E-state index in [9.17, 15) is 4.79 Å². The Hall–Kier alpha value is -0.0505. The van der Waals surface area contributed by atoms with Gasteiger partial charge in [-0.05, 0) is 0 Å². The fourth-order valence-electron chi connectivity index (χ4n) is 0.537. The molecule has 1 atom stereocenters. The molecule has 0 rings (SSSR count). The first kappa shape index (κ1) is 10.9. The Morgan fingerprint density at radius 3 is 2.55 bits per heavy atom. The van der Waals surface area contributed by atoms with Crippen molar-refractivity contribution in [1.29, 1.82) is 0 Å². The third-order valence-corrected chi connectivity index (χ3v) is 2.31. The van der Waals surface area contributed by atoms with E-state index in [0.717, 1.165) is 0 Å². The van der Waals surface area contributed by atoms with Gasteiger partial charge in [0.05, 0.1) is 0 Å². The van der Waals surface area contributed by atoms with Gasteiger partial charge in [0.2, 0.25) is 0 Å². The van der Waals surface area contributed by atoms with Gasteiger partial charge in [-0.1, -0.05) is 0 Å². The van der Waals surface area contributed by atoms with Crippen molar-refractivity contribution in [2.45, 2.75) is 37.2 Å². The van der Waals surface area contributed by atoms with Gasteiger partial charge in [-0.3, -0.25) is 0 Å². The molecule has 0 heterocycles. The Bertz CT molecular complexity index is 125. The summed E-state index contributed by atoms with van der Waals surface area (Å²) in [5, 5.41) is 9.65. The second-order valence-corrected chi connectivity index (χ2v) is 4.37. The van der Waals surface area contributed by atoms with E-state index in [4.69, 9.17) is 9.84 Å².